The Kier molecular flexibility index (Phi) is 3.91. The van der Waals surface area contributed by atoms with Crippen molar-refractivity contribution in [3.8, 4) is 0 Å². The quantitative estimate of drug-likeness (QED) is 0.909. The standard InChI is InChI=1S/C15H18F3N3/c16-15(17,18)10-21-7-5-12(9-21)20-8-11-2-1-3-14-13(11)4-6-19-14/h1-4,6,12,19-20H,5,7-10H2/t12-/m1/s1. The molecule has 6 heteroatoms. The molecule has 0 amide bonds. The van der Waals surface area contributed by atoms with Crippen molar-refractivity contribution in [1.82, 2.24) is 15.2 Å². The van der Waals surface area contributed by atoms with Gasteiger partial charge in [-0.05, 0) is 24.1 Å². The highest BCUT2D eigenvalue weighted by atomic mass is 19.4. The van der Waals surface area contributed by atoms with E-state index >= 15 is 0 Å². The van der Waals surface area contributed by atoms with Crippen LogP contribution in [0.1, 0.15) is 12.0 Å². The second-order valence-electron chi connectivity index (χ2n) is 5.57. The van der Waals surface area contributed by atoms with E-state index in [0.717, 1.165) is 17.3 Å². The number of aromatic amines is 1. The number of hydrogen-bond donors (Lipinski definition) is 2. The van der Waals surface area contributed by atoms with Gasteiger partial charge in [0.2, 0.25) is 0 Å². The smallest absolute Gasteiger partial charge is 0.361 e. The van der Waals surface area contributed by atoms with Gasteiger partial charge in [-0.3, -0.25) is 4.90 Å². The first kappa shape index (κ1) is 14.4. The SMILES string of the molecule is FC(F)(F)CN1CC[C@@H](NCc2cccc3[nH]ccc23)C1. The van der Waals surface area contributed by atoms with Gasteiger partial charge in [0.25, 0.3) is 0 Å². The van der Waals surface area contributed by atoms with E-state index in [1.165, 1.54) is 10.5 Å². The number of alkyl halides is 3. The van der Waals surface area contributed by atoms with E-state index in [2.05, 4.69) is 10.3 Å². The number of fused-ring (bicyclic) bond motifs is 1. The molecule has 3 rings (SSSR count). The van der Waals surface area contributed by atoms with Crippen molar-refractivity contribution < 1.29 is 13.2 Å². The van der Waals surface area contributed by atoms with Gasteiger partial charge in [-0.15, -0.1) is 0 Å². The third kappa shape index (κ3) is 3.57. The summed E-state index contributed by atoms with van der Waals surface area (Å²) in [6.07, 6.45) is -1.44. The van der Waals surface area contributed by atoms with Crippen molar-refractivity contribution in [2.24, 2.45) is 0 Å². The van der Waals surface area contributed by atoms with E-state index < -0.39 is 12.7 Å². The summed E-state index contributed by atoms with van der Waals surface area (Å²) in [4.78, 5) is 4.63. The number of hydrogen-bond acceptors (Lipinski definition) is 2. The normalized spacial score (nSPS) is 20.4. The van der Waals surface area contributed by atoms with E-state index in [-0.39, 0.29) is 6.04 Å². The minimum Gasteiger partial charge on any atom is -0.361 e. The first-order valence-electron chi connectivity index (χ1n) is 7.09. The predicted molar refractivity (Wildman–Crippen MR) is 76.0 cm³/mol. The molecule has 1 fully saturated rings. The van der Waals surface area contributed by atoms with Gasteiger partial charge in [0, 0.05) is 42.8 Å². The van der Waals surface area contributed by atoms with Crippen molar-refractivity contribution in [2.45, 2.75) is 25.2 Å². The summed E-state index contributed by atoms with van der Waals surface area (Å²) in [6, 6.07) is 8.20. The number of H-pyrrole nitrogens is 1. The van der Waals surface area contributed by atoms with Gasteiger partial charge in [0.05, 0.1) is 6.54 Å². The van der Waals surface area contributed by atoms with Crippen molar-refractivity contribution in [3.63, 3.8) is 0 Å². The molecule has 114 valence electrons. The molecule has 2 heterocycles. The fraction of sp³-hybridized carbons (Fsp3) is 0.467. The third-order valence-electron chi connectivity index (χ3n) is 3.94. The summed E-state index contributed by atoms with van der Waals surface area (Å²) in [5.41, 5.74) is 2.25. The predicted octanol–water partition coefficient (Wildman–Crippen LogP) is 2.89. The molecule has 0 bridgehead atoms. The Morgan fingerprint density at radius 2 is 2.14 bits per heavy atom. The molecule has 1 aromatic heterocycles. The molecule has 0 aliphatic carbocycles. The highest BCUT2D eigenvalue weighted by molar-refractivity contribution is 5.82. The fourth-order valence-electron chi connectivity index (χ4n) is 2.96. The lowest BCUT2D eigenvalue weighted by Crippen LogP contribution is -2.36. The number of likely N-dealkylation sites (tertiary alicyclic amines) is 1. The van der Waals surface area contributed by atoms with E-state index in [4.69, 9.17) is 0 Å². The molecule has 1 saturated heterocycles. The lowest BCUT2D eigenvalue weighted by Gasteiger charge is -2.18. The Morgan fingerprint density at radius 1 is 1.29 bits per heavy atom. The van der Waals surface area contributed by atoms with Gasteiger partial charge in [0.15, 0.2) is 0 Å². The van der Waals surface area contributed by atoms with Crippen LogP contribution in [-0.2, 0) is 6.54 Å². The Morgan fingerprint density at radius 3 is 2.95 bits per heavy atom. The highest BCUT2D eigenvalue weighted by Gasteiger charge is 2.34. The lowest BCUT2D eigenvalue weighted by molar-refractivity contribution is -0.143. The summed E-state index contributed by atoms with van der Waals surface area (Å²) < 4.78 is 37.1. The van der Waals surface area contributed by atoms with Crippen LogP contribution in [-0.4, -0.2) is 41.7 Å². The molecule has 1 atom stereocenters. The van der Waals surface area contributed by atoms with Crippen LogP contribution >= 0.6 is 0 Å². The average Bonchev–Trinajstić information content (AvgIpc) is 3.03. The first-order valence-corrected chi connectivity index (χ1v) is 7.09. The minimum absolute atomic E-state index is 0.126. The van der Waals surface area contributed by atoms with Crippen LogP contribution in [0.5, 0.6) is 0 Å². The van der Waals surface area contributed by atoms with Gasteiger partial charge < -0.3 is 10.3 Å². The summed E-state index contributed by atoms with van der Waals surface area (Å²) in [5, 5.41) is 4.53. The maximum atomic E-state index is 12.4. The number of halogens is 3. The van der Waals surface area contributed by atoms with Gasteiger partial charge in [-0.2, -0.15) is 13.2 Å². The molecular formula is C15H18F3N3. The van der Waals surface area contributed by atoms with Crippen molar-refractivity contribution in [1.29, 1.82) is 0 Å². The molecule has 0 unspecified atom stereocenters. The van der Waals surface area contributed by atoms with Crippen molar-refractivity contribution >= 4 is 10.9 Å². The van der Waals surface area contributed by atoms with Crippen LogP contribution in [0, 0.1) is 0 Å². The van der Waals surface area contributed by atoms with Crippen LogP contribution < -0.4 is 5.32 Å². The zero-order chi connectivity index (χ0) is 14.9. The monoisotopic (exact) mass is 297 g/mol. The molecule has 2 aromatic rings. The van der Waals surface area contributed by atoms with Crippen LogP contribution in [0.4, 0.5) is 13.2 Å². The minimum atomic E-state index is -4.11. The summed E-state index contributed by atoms with van der Waals surface area (Å²) in [7, 11) is 0. The van der Waals surface area contributed by atoms with Gasteiger partial charge in [-0.25, -0.2) is 0 Å². The lowest BCUT2D eigenvalue weighted by atomic mass is 10.1. The van der Waals surface area contributed by atoms with Crippen molar-refractivity contribution in [2.75, 3.05) is 19.6 Å². The molecule has 1 aliphatic rings. The molecule has 0 radical (unpaired) electrons. The Bertz CT molecular complexity index is 605. The van der Waals surface area contributed by atoms with Crippen LogP contribution in [0.15, 0.2) is 30.5 Å². The Labute approximate surface area is 121 Å². The van der Waals surface area contributed by atoms with E-state index in [1.807, 2.05) is 30.5 Å². The summed E-state index contributed by atoms with van der Waals surface area (Å²) >= 11 is 0. The Balaban J connectivity index is 1.56. The number of aromatic nitrogens is 1. The molecule has 1 aliphatic heterocycles. The fourth-order valence-corrected chi connectivity index (χ4v) is 2.96. The van der Waals surface area contributed by atoms with Crippen LogP contribution in [0.2, 0.25) is 0 Å². The zero-order valence-corrected chi connectivity index (χ0v) is 11.6. The van der Waals surface area contributed by atoms with E-state index in [9.17, 15) is 13.2 Å². The van der Waals surface area contributed by atoms with Gasteiger partial charge in [-0.1, -0.05) is 12.1 Å². The van der Waals surface area contributed by atoms with Gasteiger partial charge >= 0.3 is 6.18 Å². The average molecular weight is 297 g/mol. The highest BCUT2D eigenvalue weighted by Crippen LogP contribution is 2.21. The van der Waals surface area contributed by atoms with E-state index in [0.29, 0.717) is 19.6 Å². The maximum absolute atomic E-state index is 12.4. The largest absolute Gasteiger partial charge is 0.401 e. The molecule has 1 aromatic carbocycles. The molecular weight excluding hydrogens is 279 g/mol. The number of rotatable bonds is 4. The summed E-state index contributed by atoms with van der Waals surface area (Å²) in [6.45, 7) is 0.840. The third-order valence-corrected chi connectivity index (χ3v) is 3.94. The molecule has 2 N–H and O–H groups in total. The number of benzene rings is 1. The van der Waals surface area contributed by atoms with Gasteiger partial charge in [0.1, 0.15) is 0 Å². The molecule has 0 saturated carbocycles. The first-order chi connectivity index (χ1) is 10.0. The molecule has 3 nitrogen and oxygen atoms in total. The second kappa shape index (κ2) is 5.69. The topological polar surface area (TPSA) is 31.1 Å². The molecule has 0 spiro atoms. The summed E-state index contributed by atoms with van der Waals surface area (Å²) in [5.74, 6) is 0. The number of nitrogens with one attached hydrogen (secondary N) is 2. The Hall–Kier alpha value is -1.53. The maximum Gasteiger partial charge on any atom is 0.401 e. The van der Waals surface area contributed by atoms with Crippen LogP contribution in [0.25, 0.3) is 10.9 Å². The van der Waals surface area contributed by atoms with E-state index in [1.54, 1.807) is 0 Å². The van der Waals surface area contributed by atoms with Crippen molar-refractivity contribution in [3.05, 3.63) is 36.0 Å². The second-order valence-corrected chi connectivity index (χ2v) is 5.57. The van der Waals surface area contributed by atoms with Crippen LogP contribution in [0.3, 0.4) is 0 Å². The zero-order valence-electron chi connectivity index (χ0n) is 11.6. The number of nitrogens with zero attached hydrogens (tertiary/aromatic N) is 1. The molecule has 21 heavy (non-hydrogen) atoms.